The smallest absolute Gasteiger partial charge is 0.316 e. The van der Waals surface area contributed by atoms with E-state index in [1.807, 2.05) is 0 Å². The van der Waals surface area contributed by atoms with Crippen LogP contribution in [0.1, 0.15) is 20.8 Å². The van der Waals surface area contributed by atoms with Gasteiger partial charge in [0, 0.05) is 26.7 Å². The van der Waals surface area contributed by atoms with E-state index in [2.05, 4.69) is 24.5 Å². The molecule has 0 aromatic heterocycles. The number of hydrogen-bond acceptors (Lipinski definition) is 6. The predicted molar refractivity (Wildman–Crippen MR) is 103 cm³/mol. The van der Waals surface area contributed by atoms with E-state index in [0.29, 0.717) is 45.7 Å². The third-order valence-corrected chi connectivity index (χ3v) is 3.52. The van der Waals surface area contributed by atoms with Gasteiger partial charge in [0.2, 0.25) is 0 Å². The largest absolute Gasteiger partial charge is 0.378 e. The summed E-state index contributed by atoms with van der Waals surface area (Å²) in [6, 6.07) is 0.138. The van der Waals surface area contributed by atoms with Crippen LogP contribution in [0.15, 0.2) is 0 Å². The normalized spacial score (nSPS) is 13.6. The Hall–Kier alpha value is -1.00. The van der Waals surface area contributed by atoms with Crippen molar-refractivity contribution in [2.75, 3.05) is 73.4 Å². The molecule has 0 aliphatic heterocycles. The molecule has 0 rings (SSSR count). The lowest BCUT2D eigenvalue weighted by atomic mass is 10.2. The van der Waals surface area contributed by atoms with Crippen LogP contribution in [0.2, 0.25) is 0 Å². The maximum absolute atomic E-state index is 13.9. The minimum Gasteiger partial charge on any atom is -0.378 e. The summed E-state index contributed by atoms with van der Waals surface area (Å²) in [6.45, 7) is 9.90. The van der Waals surface area contributed by atoms with Crippen LogP contribution in [0.5, 0.6) is 0 Å². The number of nitrogens with one attached hydrogen (secondary N) is 2. The monoisotopic (exact) mass is 395 g/mol. The summed E-state index contributed by atoms with van der Waals surface area (Å²) in [5, 5.41) is 5.75. The van der Waals surface area contributed by atoms with Crippen molar-refractivity contribution in [2.45, 2.75) is 39.1 Å². The molecule has 0 aromatic carbocycles. The molecule has 27 heavy (non-hydrogen) atoms. The highest BCUT2D eigenvalue weighted by Crippen LogP contribution is 2.02. The SMILES string of the molecule is CC(C)NCCOCCOCCOCCOC(C)C(F)CNC(=O)N(C)C. The maximum Gasteiger partial charge on any atom is 0.316 e. The highest BCUT2D eigenvalue weighted by Gasteiger charge is 2.18. The Labute approximate surface area is 163 Å². The first-order valence-corrected chi connectivity index (χ1v) is 9.52. The zero-order valence-electron chi connectivity index (χ0n) is 17.5. The molecule has 0 bridgehead atoms. The van der Waals surface area contributed by atoms with E-state index in [9.17, 15) is 9.18 Å². The van der Waals surface area contributed by atoms with Crippen molar-refractivity contribution in [3.05, 3.63) is 0 Å². The molecule has 2 unspecified atom stereocenters. The van der Waals surface area contributed by atoms with Crippen LogP contribution in [0.4, 0.5) is 9.18 Å². The van der Waals surface area contributed by atoms with E-state index >= 15 is 0 Å². The van der Waals surface area contributed by atoms with Gasteiger partial charge in [-0.25, -0.2) is 9.18 Å². The Balaban J connectivity index is 3.37. The summed E-state index contributed by atoms with van der Waals surface area (Å²) in [5.41, 5.74) is 0. The highest BCUT2D eigenvalue weighted by molar-refractivity contribution is 5.73. The zero-order chi connectivity index (χ0) is 20.5. The molecule has 9 heteroatoms. The number of urea groups is 1. The molecule has 0 radical (unpaired) electrons. The van der Waals surface area contributed by atoms with Gasteiger partial charge < -0.3 is 34.5 Å². The lowest BCUT2D eigenvalue weighted by molar-refractivity contribution is -0.0333. The number of alkyl halides is 1. The number of nitrogens with zero attached hydrogens (tertiary/aromatic N) is 1. The van der Waals surface area contributed by atoms with Crippen molar-refractivity contribution < 1.29 is 28.1 Å². The lowest BCUT2D eigenvalue weighted by Gasteiger charge is -2.19. The predicted octanol–water partition coefficient (Wildman–Crippen LogP) is 1.05. The maximum atomic E-state index is 13.9. The molecule has 8 nitrogen and oxygen atoms in total. The molecule has 2 amide bonds. The van der Waals surface area contributed by atoms with Gasteiger partial charge >= 0.3 is 6.03 Å². The number of hydrogen-bond donors (Lipinski definition) is 2. The van der Waals surface area contributed by atoms with E-state index in [1.54, 1.807) is 21.0 Å². The number of halogens is 1. The van der Waals surface area contributed by atoms with E-state index in [4.69, 9.17) is 18.9 Å². The van der Waals surface area contributed by atoms with Crippen molar-refractivity contribution in [3.8, 4) is 0 Å². The fourth-order valence-corrected chi connectivity index (χ4v) is 1.87. The van der Waals surface area contributed by atoms with Crippen LogP contribution in [-0.2, 0) is 18.9 Å². The van der Waals surface area contributed by atoms with E-state index in [0.717, 1.165) is 6.54 Å². The van der Waals surface area contributed by atoms with Gasteiger partial charge in [-0.1, -0.05) is 13.8 Å². The van der Waals surface area contributed by atoms with Crippen LogP contribution in [0, 0.1) is 0 Å². The van der Waals surface area contributed by atoms with E-state index in [1.165, 1.54) is 4.90 Å². The van der Waals surface area contributed by atoms with Gasteiger partial charge in [0.05, 0.1) is 58.9 Å². The van der Waals surface area contributed by atoms with Crippen LogP contribution in [0.25, 0.3) is 0 Å². The van der Waals surface area contributed by atoms with Crippen molar-refractivity contribution in [2.24, 2.45) is 0 Å². The Bertz CT molecular complexity index is 362. The molecule has 2 atom stereocenters. The van der Waals surface area contributed by atoms with Gasteiger partial charge in [0.1, 0.15) is 6.17 Å². The average molecular weight is 396 g/mol. The zero-order valence-corrected chi connectivity index (χ0v) is 17.5. The molecular formula is C18H38FN3O5. The van der Waals surface area contributed by atoms with Crippen molar-refractivity contribution in [1.82, 2.24) is 15.5 Å². The Kier molecular flexibility index (Phi) is 16.5. The minimum absolute atomic E-state index is 0.0809. The molecule has 162 valence electrons. The van der Waals surface area contributed by atoms with Gasteiger partial charge in [0.15, 0.2) is 0 Å². The third-order valence-electron chi connectivity index (χ3n) is 3.52. The topological polar surface area (TPSA) is 81.3 Å². The molecular weight excluding hydrogens is 357 g/mol. The summed E-state index contributed by atoms with van der Waals surface area (Å²) in [5.74, 6) is 0. The molecule has 0 aromatic rings. The van der Waals surface area contributed by atoms with Gasteiger partial charge in [0.25, 0.3) is 0 Å². The number of carbonyl (C=O) groups excluding carboxylic acids is 1. The van der Waals surface area contributed by atoms with Gasteiger partial charge in [-0.05, 0) is 6.92 Å². The minimum atomic E-state index is -1.27. The summed E-state index contributed by atoms with van der Waals surface area (Å²) >= 11 is 0. The quantitative estimate of drug-likeness (QED) is 0.358. The second-order valence-corrected chi connectivity index (χ2v) is 6.62. The molecule has 0 saturated carbocycles. The first-order valence-electron chi connectivity index (χ1n) is 9.52. The van der Waals surface area contributed by atoms with Crippen molar-refractivity contribution in [3.63, 3.8) is 0 Å². The number of ether oxygens (including phenoxy) is 4. The summed E-state index contributed by atoms with van der Waals surface area (Å²) in [4.78, 5) is 12.7. The highest BCUT2D eigenvalue weighted by atomic mass is 19.1. The second-order valence-electron chi connectivity index (χ2n) is 6.62. The first kappa shape index (κ1) is 26.0. The van der Waals surface area contributed by atoms with Crippen LogP contribution < -0.4 is 10.6 Å². The number of rotatable bonds is 17. The standard InChI is InChI=1S/C18H38FN3O5/c1-15(2)20-6-7-24-8-9-25-10-11-26-12-13-27-16(3)17(19)14-21-18(23)22(4)5/h15-17,20H,6-14H2,1-5H3,(H,21,23). The molecule has 0 fully saturated rings. The van der Waals surface area contributed by atoms with Crippen LogP contribution in [-0.4, -0.2) is 103 Å². The Morgan fingerprint density at radius 1 is 0.926 bits per heavy atom. The number of carbonyl (C=O) groups is 1. The van der Waals surface area contributed by atoms with Crippen LogP contribution >= 0.6 is 0 Å². The summed E-state index contributed by atoms with van der Waals surface area (Å²) in [7, 11) is 3.20. The molecule has 0 heterocycles. The summed E-state index contributed by atoms with van der Waals surface area (Å²) < 4.78 is 35.4. The Morgan fingerprint density at radius 2 is 1.44 bits per heavy atom. The van der Waals surface area contributed by atoms with Gasteiger partial charge in [-0.3, -0.25) is 0 Å². The molecule has 2 N–H and O–H groups in total. The average Bonchev–Trinajstić information content (AvgIpc) is 2.62. The molecule has 0 aliphatic rings. The second kappa shape index (κ2) is 17.1. The molecule has 0 saturated heterocycles. The third kappa shape index (κ3) is 16.9. The van der Waals surface area contributed by atoms with Crippen molar-refractivity contribution >= 4 is 6.03 Å². The number of amides is 2. The van der Waals surface area contributed by atoms with E-state index in [-0.39, 0.29) is 19.2 Å². The Morgan fingerprint density at radius 3 is 1.96 bits per heavy atom. The first-order chi connectivity index (χ1) is 12.8. The van der Waals surface area contributed by atoms with Gasteiger partial charge in [-0.2, -0.15) is 0 Å². The molecule has 0 aliphatic carbocycles. The summed E-state index contributed by atoms with van der Waals surface area (Å²) in [6.07, 6.45) is -1.89. The lowest BCUT2D eigenvalue weighted by Crippen LogP contribution is -2.41. The molecule has 0 spiro atoms. The van der Waals surface area contributed by atoms with Crippen molar-refractivity contribution in [1.29, 1.82) is 0 Å². The van der Waals surface area contributed by atoms with Crippen LogP contribution in [0.3, 0.4) is 0 Å². The fraction of sp³-hybridized carbons (Fsp3) is 0.944. The fourth-order valence-electron chi connectivity index (χ4n) is 1.87. The van der Waals surface area contributed by atoms with Gasteiger partial charge in [-0.15, -0.1) is 0 Å². The van der Waals surface area contributed by atoms with E-state index < -0.39 is 12.3 Å².